The van der Waals surface area contributed by atoms with Gasteiger partial charge in [-0.25, -0.2) is 0 Å². The molecule has 0 unspecified atom stereocenters. The second-order valence-corrected chi connectivity index (χ2v) is 4.40. The standard InChI is InChI=1S/C13H16N4/c1-2-4-11(5-3-1)13-10-15-17(16-13)12-6-8-14-9-7-12/h1-5,10,12,14H,6-9H2. The maximum absolute atomic E-state index is 4.58. The molecule has 1 aliphatic heterocycles. The first-order valence-corrected chi connectivity index (χ1v) is 6.11. The van der Waals surface area contributed by atoms with Crippen molar-refractivity contribution in [2.24, 2.45) is 0 Å². The Morgan fingerprint density at radius 3 is 2.65 bits per heavy atom. The smallest absolute Gasteiger partial charge is 0.113 e. The summed E-state index contributed by atoms with van der Waals surface area (Å²) in [5.41, 5.74) is 2.09. The van der Waals surface area contributed by atoms with Gasteiger partial charge in [-0.05, 0) is 25.9 Å². The molecule has 1 aliphatic rings. The number of piperidine rings is 1. The van der Waals surface area contributed by atoms with E-state index in [1.165, 1.54) is 0 Å². The van der Waals surface area contributed by atoms with Crippen LogP contribution < -0.4 is 5.32 Å². The zero-order chi connectivity index (χ0) is 11.5. The largest absolute Gasteiger partial charge is 0.317 e. The van der Waals surface area contributed by atoms with Gasteiger partial charge in [0.05, 0.1) is 12.2 Å². The minimum atomic E-state index is 0.453. The first-order valence-electron chi connectivity index (χ1n) is 6.11. The van der Waals surface area contributed by atoms with Crippen LogP contribution in [0.2, 0.25) is 0 Å². The monoisotopic (exact) mass is 228 g/mol. The third-order valence-electron chi connectivity index (χ3n) is 3.21. The lowest BCUT2D eigenvalue weighted by Gasteiger charge is -2.21. The van der Waals surface area contributed by atoms with E-state index in [4.69, 9.17) is 0 Å². The first-order chi connectivity index (χ1) is 8.43. The lowest BCUT2D eigenvalue weighted by atomic mass is 10.1. The molecule has 17 heavy (non-hydrogen) atoms. The molecular weight excluding hydrogens is 212 g/mol. The van der Waals surface area contributed by atoms with Crippen LogP contribution in [0.3, 0.4) is 0 Å². The molecule has 4 nitrogen and oxygen atoms in total. The van der Waals surface area contributed by atoms with Gasteiger partial charge >= 0.3 is 0 Å². The Morgan fingerprint density at radius 1 is 1.12 bits per heavy atom. The average Bonchev–Trinajstić information content (AvgIpc) is 2.90. The van der Waals surface area contributed by atoms with Crippen molar-refractivity contribution >= 4 is 0 Å². The summed E-state index contributed by atoms with van der Waals surface area (Å²) in [5.74, 6) is 0. The summed E-state index contributed by atoms with van der Waals surface area (Å²) < 4.78 is 0. The van der Waals surface area contributed by atoms with E-state index >= 15 is 0 Å². The van der Waals surface area contributed by atoms with Crippen molar-refractivity contribution < 1.29 is 0 Å². The summed E-state index contributed by atoms with van der Waals surface area (Å²) in [7, 11) is 0. The summed E-state index contributed by atoms with van der Waals surface area (Å²) in [6.45, 7) is 2.12. The minimum Gasteiger partial charge on any atom is -0.317 e. The van der Waals surface area contributed by atoms with Gasteiger partial charge in [0, 0.05) is 5.56 Å². The SMILES string of the molecule is c1ccc(-c2cnn(C3CCNCC3)n2)cc1. The van der Waals surface area contributed by atoms with Gasteiger partial charge in [-0.15, -0.1) is 0 Å². The second kappa shape index (κ2) is 4.67. The maximum Gasteiger partial charge on any atom is 0.113 e. The molecule has 3 rings (SSSR count). The molecular formula is C13H16N4. The van der Waals surface area contributed by atoms with Crippen LogP contribution in [0.4, 0.5) is 0 Å². The topological polar surface area (TPSA) is 42.7 Å². The highest BCUT2D eigenvalue weighted by molar-refractivity contribution is 5.56. The molecule has 4 heteroatoms. The van der Waals surface area contributed by atoms with E-state index < -0.39 is 0 Å². The van der Waals surface area contributed by atoms with Gasteiger partial charge in [0.15, 0.2) is 0 Å². The highest BCUT2D eigenvalue weighted by Gasteiger charge is 2.17. The summed E-state index contributed by atoms with van der Waals surface area (Å²) >= 11 is 0. The fourth-order valence-electron chi connectivity index (χ4n) is 2.23. The van der Waals surface area contributed by atoms with Crippen LogP contribution in [-0.4, -0.2) is 28.1 Å². The van der Waals surface area contributed by atoms with E-state index in [1.54, 1.807) is 0 Å². The fraction of sp³-hybridized carbons (Fsp3) is 0.385. The van der Waals surface area contributed by atoms with Crippen molar-refractivity contribution in [2.45, 2.75) is 18.9 Å². The molecule has 0 radical (unpaired) electrons. The minimum absolute atomic E-state index is 0.453. The van der Waals surface area contributed by atoms with Gasteiger partial charge in [-0.3, -0.25) is 0 Å². The molecule has 1 fully saturated rings. The van der Waals surface area contributed by atoms with Crippen molar-refractivity contribution in [3.05, 3.63) is 36.5 Å². The second-order valence-electron chi connectivity index (χ2n) is 4.40. The van der Waals surface area contributed by atoms with Crippen LogP contribution in [0.15, 0.2) is 36.5 Å². The molecule has 1 aromatic heterocycles. The number of aromatic nitrogens is 3. The molecule has 2 heterocycles. The number of nitrogens with zero attached hydrogens (tertiary/aromatic N) is 3. The van der Waals surface area contributed by atoms with E-state index in [2.05, 4.69) is 27.6 Å². The molecule has 1 saturated heterocycles. The molecule has 2 aromatic rings. The Kier molecular flexibility index (Phi) is 2.88. The van der Waals surface area contributed by atoms with E-state index in [-0.39, 0.29) is 0 Å². The van der Waals surface area contributed by atoms with Gasteiger partial charge in [-0.2, -0.15) is 15.0 Å². The quantitative estimate of drug-likeness (QED) is 0.853. The van der Waals surface area contributed by atoms with Crippen molar-refractivity contribution in [3.63, 3.8) is 0 Å². The molecule has 0 atom stereocenters. The number of hydrogen-bond acceptors (Lipinski definition) is 3. The highest BCUT2D eigenvalue weighted by Crippen LogP contribution is 2.20. The lowest BCUT2D eigenvalue weighted by molar-refractivity contribution is 0.314. The fourth-order valence-corrected chi connectivity index (χ4v) is 2.23. The van der Waals surface area contributed by atoms with Crippen LogP contribution >= 0.6 is 0 Å². The van der Waals surface area contributed by atoms with E-state index in [0.717, 1.165) is 37.2 Å². The van der Waals surface area contributed by atoms with Gasteiger partial charge < -0.3 is 5.32 Å². The van der Waals surface area contributed by atoms with Crippen LogP contribution in [0, 0.1) is 0 Å². The Morgan fingerprint density at radius 2 is 1.88 bits per heavy atom. The zero-order valence-electron chi connectivity index (χ0n) is 9.71. The Labute approximate surface area is 101 Å². The van der Waals surface area contributed by atoms with Gasteiger partial charge in [0.2, 0.25) is 0 Å². The van der Waals surface area contributed by atoms with Crippen molar-refractivity contribution in [3.8, 4) is 11.3 Å². The van der Waals surface area contributed by atoms with Gasteiger partial charge in [-0.1, -0.05) is 30.3 Å². The number of rotatable bonds is 2. The zero-order valence-corrected chi connectivity index (χ0v) is 9.71. The van der Waals surface area contributed by atoms with Crippen LogP contribution in [0.25, 0.3) is 11.3 Å². The molecule has 0 aliphatic carbocycles. The Bertz CT molecular complexity index is 471. The number of hydrogen-bond donors (Lipinski definition) is 1. The predicted molar refractivity (Wildman–Crippen MR) is 66.6 cm³/mol. The molecule has 1 aromatic carbocycles. The summed E-state index contributed by atoms with van der Waals surface area (Å²) in [6.07, 6.45) is 4.09. The first kappa shape index (κ1) is 10.5. The third kappa shape index (κ3) is 2.22. The van der Waals surface area contributed by atoms with Crippen LogP contribution in [0.1, 0.15) is 18.9 Å². The molecule has 88 valence electrons. The molecule has 0 saturated carbocycles. The molecule has 0 amide bonds. The summed E-state index contributed by atoms with van der Waals surface area (Å²) in [4.78, 5) is 1.88. The van der Waals surface area contributed by atoms with Gasteiger partial charge in [0.25, 0.3) is 0 Å². The highest BCUT2D eigenvalue weighted by atomic mass is 15.5. The molecule has 0 spiro atoms. The van der Waals surface area contributed by atoms with Crippen molar-refractivity contribution in [1.82, 2.24) is 20.3 Å². The van der Waals surface area contributed by atoms with E-state index in [1.807, 2.05) is 29.2 Å². The average molecular weight is 228 g/mol. The molecule has 0 bridgehead atoms. The Balaban J connectivity index is 1.83. The predicted octanol–water partition coefficient (Wildman–Crippen LogP) is 1.87. The summed E-state index contributed by atoms with van der Waals surface area (Å²) in [6, 6.07) is 10.7. The molecule has 1 N–H and O–H groups in total. The van der Waals surface area contributed by atoms with E-state index in [9.17, 15) is 0 Å². The maximum atomic E-state index is 4.58. The van der Waals surface area contributed by atoms with Crippen molar-refractivity contribution in [1.29, 1.82) is 0 Å². The van der Waals surface area contributed by atoms with Crippen molar-refractivity contribution in [2.75, 3.05) is 13.1 Å². The lowest BCUT2D eigenvalue weighted by Crippen LogP contribution is -2.30. The number of benzene rings is 1. The normalized spacial score (nSPS) is 17.2. The van der Waals surface area contributed by atoms with Crippen LogP contribution in [-0.2, 0) is 0 Å². The number of nitrogens with one attached hydrogen (secondary N) is 1. The van der Waals surface area contributed by atoms with Crippen LogP contribution in [0.5, 0.6) is 0 Å². The third-order valence-corrected chi connectivity index (χ3v) is 3.21. The van der Waals surface area contributed by atoms with Gasteiger partial charge in [0.1, 0.15) is 5.69 Å². The Hall–Kier alpha value is -1.68. The summed E-state index contributed by atoms with van der Waals surface area (Å²) in [5, 5.41) is 12.3. The van der Waals surface area contributed by atoms with E-state index in [0.29, 0.717) is 6.04 Å².